The second-order valence-corrected chi connectivity index (χ2v) is 7.56. The molecule has 26 heavy (non-hydrogen) atoms. The van der Waals surface area contributed by atoms with Gasteiger partial charge in [-0.3, -0.25) is 4.79 Å². The van der Waals surface area contributed by atoms with Gasteiger partial charge >= 0.3 is 0 Å². The maximum atomic E-state index is 13.1. The first-order valence-electron chi connectivity index (χ1n) is 8.55. The Labute approximate surface area is 154 Å². The lowest BCUT2D eigenvalue weighted by molar-refractivity contribution is 0.0695. The van der Waals surface area contributed by atoms with E-state index in [1.165, 1.54) is 12.1 Å². The Morgan fingerprint density at radius 2 is 2.12 bits per heavy atom. The Balaban J connectivity index is 1.51. The minimum absolute atomic E-state index is 0.0216. The second kappa shape index (κ2) is 6.99. The van der Waals surface area contributed by atoms with Gasteiger partial charge in [-0.1, -0.05) is 5.16 Å². The molecular formula is C19H18FN3O2S. The summed E-state index contributed by atoms with van der Waals surface area (Å²) in [6.45, 7) is 3.27. The Bertz CT molecular complexity index is 919. The Kier molecular flexibility index (Phi) is 4.55. The molecule has 134 valence electrons. The van der Waals surface area contributed by atoms with Crippen LogP contribution in [0.1, 0.15) is 39.9 Å². The van der Waals surface area contributed by atoms with Crippen molar-refractivity contribution >= 4 is 17.2 Å². The van der Waals surface area contributed by atoms with Gasteiger partial charge in [0.25, 0.3) is 5.91 Å². The third-order valence-electron chi connectivity index (χ3n) is 4.69. The smallest absolute Gasteiger partial charge is 0.254 e. The fourth-order valence-corrected chi connectivity index (χ4v) is 3.95. The number of aromatic nitrogens is 2. The van der Waals surface area contributed by atoms with E-state index in [4.69, 9.17) is 4.52 Å². The zero-order valence-electron chi connectivity index (χ0n) is 14.3. The van der Waals surface area contributed by atoms with Crippen LogP contribution in [0.25, 0.3) is 11.4 Å². The lowest BCUT2D eigenvalue weighted by atomic mass is 9.97. The quantitative estimate of drug-likeness (QED) is 0.690. The number of carbonyl (C=O) groups is 1. The maximum absolute atomic E-state index is 13.1. The summed E-state index contributed by atoms with van der Waals surface area (Å²) in [5, 5.41) is 5.96. The van der Waals surface area contributed by atoms with Gasteiger partial charge in [0.05, 0.1) is 11.5 Å². The SMILES string of the molecule is Cc1sccc1C(=O)N1CCC[C@H](c2nc(-c3ccc(F)cc3)no2)C1. The molecule has 1 aliphatic rings. The van der Waals surface area contributed by atoms with Gasteiger partial charge in [-0.25, -0.2) is 4.39 Å². The van der Waals surface area contributed by atoms with Crippen LogP contribution in [0, 0.1) is 12.7 Å². The molecule has 4 rings (SSSR count). The topological polar surface area (TPSA) is 59.2 Å². The van der Waals surface area contributed by atoms with Crippen molar-refractivity contribution in [1.29, 1.82) is 0 Å². The standard InChI is InChI=1S/C19H18FN3O2S/c1-12-16(8-10-26-12)19(24)23-9-2-3-14(11-23)18-21-17(22-25-18)13-4-6-15(20)7-5-13/h4-8,10,14H,2-3,9,11H2,1H3/t14-/m0/s1. The first kappa shape index (κ1) is 16.9. The van der Waals surface area contributed by atoms with E-state index in [1.54, 1.807) is 23.5 Å². The van der Waals surface area contributed by atoms with Crippen LogP contribution in [0.5, 0.6) is 0 Å². The summed E-state index contributed by atoms with van der Waals surface area (Å²) in [5.74, 6) is 0.753. The first-order valence-corrected chi connectivity index (χ1v) is 9.42. The van der Waals surface area contributed by atoms with E-state index < -0.39 is 0 Å². The molecule has 3 aromatic rings. The molecule has 3 heterocycles. The number of carbonyl (C=O) groups excluding carboxylic acids is 1. The summed E-state index contributed by atoms with van der Waals surface area (Å²) in [6, 6.07) is 7.87. The molecule has 2 aromatic heterocycles. The van der Waals surface area contributed by atoms with Crippen LogP contribution in [0.3, 0.4) is 0 Å². The van der Waals surface area contributed by atoms with Crippen molar-refractivity contribution < 1.29 is 13.7 Å². The molecule has 0 N–H and O–H groups in total. The van der Waals surface area contributed by atoms with E-state index in [1.807, 2.05) is 23.3 Å². The van der Waals surface area contributed by atoms with Crippen LogP contribution >= 0.6 is 11.3 Å². The molecule has 0 aliphatic carbocycles. The number of piperidine rings is 1. The molecule has 7 heteroatoms. The van der Waals surface area contributed by atoms with E-state index >= 15 is 0 Å². The van der Waals surface area contributed by atoms with Crippen molar-refractivity contribution in [2.45, 2.75) is 25.7 Å². The van der Waals surface area contributed by atoms with Gasteiger partial charge in [0.1, 0.15) is 5.82 Å². The highest BCUT2D eigenvalue weighted by Gasteiger charge is 2.29. The summed E-state index contributed by atoms with van der Waals surface area (Å²) in [5.41, 5.74) is 1.48. The molecular weight excluding hydrogens is 353 g/mol. The van der Waals surface area contributed by atoms with Gasteiger partial charge in [-0.15, -0.1) is 11.3 Å². The van der Waals surface area contributed by atoms with Gasteiger partial charge in [0.15, 0.2) is 0 Å². The van der Waals surface area contributed by atoms with Gasteiger partial charge < -0.3 is 9.42 Å². The lowest BCUT2D eigenvalue weighted by Gasteiger charge is -2.31. The number of thiophene rings is 1. The van der Waals surface area contributed by atoms with Crippen molar-refractivity contribution in [3.8, 4) is 11.4 Å². The molecule has 1 aliphatic heterocycles. The number of benzene rings is 1. The highest BCUT2D eigenvalue weighted by atomic mass is 32.1. The highest BCUT2D eigenvalue weighted by molar-refractivity contribution is 7.10. The normalized spacial score (nSPS) is 17.5. The number of rotatable bonds is 3. The van der Waals surface area contributed by atoms with E-state index in [0.717, 1.165) is 29.8 Å². The number of halogens is 1. The Hall–Kier alpha value is -2.54. The van der Waals surface area contributed by atoms with Crippen LogP contribution in [0.15, 0.2) is 40.2 Å². The second-order valence-electron chi connectivity index (χ2n) is 6.44. The maximum Gasteiger partial charge on any atom is 0.254 e. The summed E-state index contributed by atoms with van der Waals surface area (Å²) >= 11 is 1.58. The summed E-state index contributed by atoms with van der Waals surface area (Å²) in [4.78, 5) is 20.1. The molecule has 0 radical (unpaired) electrons. The minimum atomic E-state index is -0.303. The molecule has 5 nitrogen and oxygen atoms in total. The van der Waals surface area contributed by atoms with Crippen molar-refractivity contribution in [2.24, 2.45) is 0 Å². The van der Waals surface area contributed by atoms with Crippen molar-refractivity contribution in [1.82, 2.24) is 15.0 Å². The van der Waals surface area contributed by atoms with Crippen molar-refractivity contribution in [2.75, 3.05) is 13.1 Å². The molecule has 1 amide bonds. The number of aryl methyl sites for hydroxylation is 1. The molecule has 0 spiro atoms. The fourth-order valence-electron chi connectivity index (χ4n) is 3.26. The predicted molar refractivity (Wildman–Crippen MR) is 96.6 cm³/mol. The molecule has 0 saturated carbocycles. The Morgan fingerprint density at radius 3 is 2.85 bits per heavy atom. The van der Waals surface area contributed by atoms with Crippen LogP contribution < -0.4 is 0 Å². The van der Waals surface area contributed by atoms with Crippen LogP contribution in [-0.2, 0) is 0 Å². The van der Waals surface area contributed by atoms with E-state index in [0.29, 0.717) is 23.8 Å². The zero-order valence-corrected chi connectivity index (χ0v) is 15.1. The molecule has 1 atom stereocenters. The van der Waals surface area contributed by atoms with E-state index in [9.17, 15) is 9.18 Å². The molecule has 1 saturated heterocycles. The Morgan fingerprint density at radius 1 is 1.31 bits per heavy atom. The molecule has 1 aromatic carbocycles. The first-order chi connectivity index (χ1) is 12.6. The van der Waals surface area contributed by atoms with Crippen LogP contribution in [0.4, 0.5) is 4.39 Å². The fraction of sp³-hybridized carbons (Fsp3) is 0.316. The molecule has 1 fully saturated rings. The van der Waals surface area contributed by atoms with Crippen LogP contribution in [-0.4, -0.2) is 34.0 Å². The van der Waals surface area contributed by atoms with E-state index in [-0.39, 0.29) is 17.6 Å². The monoisotopic (exact) mass is 371 g/mol. The number of hydrogen-bond donors (Lipinski definition) is 0. The number of amides is 1. The average Bonchev–Trinajstić information content (AvgIpc) is 3.31. The molecule has 0 unspecified atom stereocenters. The summed E-state index contributed by atoms with van der Waals surface area (Å²) < 4.78 is 18.5. The lowest BCUT2D eigenvalue weighted by Crippen LogP contribution is -2.39. The summed E-state index contributed by atoms with van der Waals surface area (Å²) in [6.07, 6.45) is 1.80. The minimum Gasteiger partial charge on any atom is -0.339 e. The van der Waals surface area contributed by atoms with Crippen LogP contribution in [0.2, 0.25) is 0 Å². The van der Waals surface area contributed by atoms with Crippen molar-refractivity contribution in [3.05, 3.63) is 57.9 Å². The van der Waals surface area contributed by atoms with Gasteiger partial charge in [0.2, 0.25) is 11.7 Å². The largest absolute Gasteiger partial charge is 0.339 e. The third-order valence-corrected chi connectivity index (χ3v) is 5.54. The van der Waals surface area contributed by atoms with Crippen molar-refractivity contribution in [3.63, 3.8) is 0 Å². The molecule has 0 bridgehead atoms. The number of hydrogen-bond acceptors (Lipinski definition) is 5. The number of likely N-dealkylation sites (tertiary alicyclic amines) is 1. The highest BCUT2D eigenvalue weighted by Crippen LogP contribution is 2.29. The van der Waals surface area contributed by atoms with Gasteiger partial charge in [-0.05, 0) is 55.5 Å². The van der Waals surface area contributed by atoms with Gasteiger partial charge in [-0.2, -0.15) is 4.98 Å². The van der Waals surface area contributed by atoms with Gasteiger partial charge in [0, 0.05) is 23.5 Å². The number of nitrogens with zero attached hydrogens (tertiary/aromatic N) is 3. The summed E-state index contributed by atoms with van der Waals surface area (Å²) in [7, 11) is 0. The third kappa shape index (κ3) is 3.26. The predicted octanol–water partition coefficient (Wildman–Crippen LogP) is 4.27. The average molecular weight is 371 g/mol. The zero-order chi connectivity index (χ0) is 18.1. The van der Waals surface area contributed by atoms with E-state index in [2.05, 4.69) is 10.1 Å².